The Bertz CT molecular complexity index is 1800. The molecule has 3 N–H and O–H groups in total. The number of benzene rings is 2. The lowest BCUT2D eigenvalue weighted by Crippen LogP contribution is -2.27. The molecule has 3 aromatic heterocycles. The summed E-state index contributed by atoms with van der Waals surface area (Å²) >= 11 is 3.13. The first-order valence-electron chi connectivity index (χ1n) is 14.6. The maximum Gasteiger partial charge on any atom is 0.412 e. The second-order valence-electron chi connectivity index (χ2n) is 11.8. The number of ether oxygens (including phenoxy) is 1. The Kier molecular flexibility index (Phi) is 9.69. The quantitative estimate of drug-likeness (QED) is 0.146. The van der Waals surface area contributed by atoms with Gasteiger partial charge in [0, 0.05) is 31.6 Å². The van der Waals surface area contributed by atoms with E-state index in [4.69, 9.17) is 9.72 Å². The van der Waals surface area contributed by atoms with Gasteiger partial charge < -0.3 is 15.4 Å². The van der Waals surface area contributed by atoms with Crippen LogP contribution in [0.3, 0.4) is 0 Å². The lowest BCUT2D eigenvalue weighted by molar-refractivity contribution is 0.0635. The van der Waals surface area contributed by atoms with Crippen LogP contribution in [0.5, 0.6) is 0 Å². The number of aromatic nitrogens is 3. The lowest BCUT2D eigenvalue weighted by atomic mass is 10.1. The fraction of sp³-hybridized carbons (Fsp3) is 0.265. The molecule has 0 spiro atoms. The molecule has 3 heterocycles. The zero-order chi connectivity index (χ0) is 32.1. The standard InChI is InChI=1S/C34H36N6O3S2/c1-20(2)26-15-14-25-30(39-26)35-19-36-31(25)40-27-18-22(32(41)37-21(3)28-8-7-17-44-28)9-16-29(27)45-24-12-10-23(11-13-24)38-33(42)43-34(4,5)6/h7-21H,1-6H3,(H,37,41)(H,38,42)(H,35,36,39,40). The molecular formula is C34H36N6O3S2. The van der Waals surface area contributed by atoms with Crippen molar-refractivity contribution in [1.29, 1.82) is 0 Å². The average molecular weight is 641 g/mol. The number of anilines is 3. The Morgan fingerprint density at radius 1 is 0.956 bits per heavy atom. The summed E-state index contributed by atoms with van der Waals surface area (Å²) in [6, 6.07) is 20.9. The van der Waals surface area contributed by atoms with Crippen LogP contribution in [0.1, 0.15) is 74.4 Å². The van der Waals surface area contributed by atoms with E-state index < -0.39 is 11.7 Å². The van der Waals surface area contributed by atoms with Crippen molar-refractivity contribution in [3.63, 3.8) is 0 Å². The topological polar surface area (TPSA) is 118 Å². The van der Waals surface area contributed by atoms with Crippen molar-refractivity contribution >= 4 is 63.3 Å². The summed E-state index contributed by atoms with van der Waals surface area (Å²) in [6.07, 6.45) is 0.980. The van der Waals surface area contributed by atoms with Crippen molar-refractivity contribution in [3.05, 3.63) is 94.6 Å². The van der Waals surface area contributed by atoms with Gasteiger partial charge in [0.1, 0.15) is 17.7 Å². The molecule has 0 aliphatic carbocycles. The van der Waals surface area contributed by atoms with Crippen molar-refractivity contribution in [2.75, 3.05) is 10.6 Å². The van der Waals surface area contributed by atoms with Crippen LogP contribution in [0.2, 0.25) is 0 Å². The summed E-state index contributed by atoms with van der Waals surface area (Å²) in [5, 5.41) is 12.1. The number of nitrogens with one attached hydrogen (secondary N) is 3. The van der Waals surface area contributed by atoms with Gasteiger partial charge in [0.25, 0.3) is 5.91 Å². The number of pyridine rings is 1. The van der Waals surface area contributed by atoms with Crippen LogP contribution in [0.4, 0.5) is 22.0 Å². The maximum absolute atomic E-state index is 13.3. The lowest BCUT2D eigenvalue weighted by Gasteiger charge is -2.19. The van der Waals surface area contributed by atoms with E-state index in [-0.39, 0.29) is 17.9 Å². The van der Waals surface area contributed by atoms with E-state index in [0.29, 0.717) is 28.4 Å². The first kappa shape index (κ1) is 31.9. The summed E-state index contributed by atoms with van der Waals surface area (Å²) in [5.41, 5.74) is 2.81. The molecule has 2 amide bonds. The Balaban J connectivity index is 1.43. The van der Waals surface area contributed by atoms with Gasteiger partial charge >= 0.3 is 6.09 Å². The van der Waals surface area contributed by atoms with Crippen LogP contribution in [0.25, 0.3) is 11.0 Å². The molecule has 0 saturated heterocycles. The van der Waals surface area contributed by atoms with E-state index in [1.165, 1.54) is 18.1 Å². The Morgan fingerprint density at radius 3 is 2.42 bits per heavy atom. The van der Waals surface area contributed by atoms with Crippen molar-refractivity contribution in [1.82, 2.24) is 20.3 Å². The van der Waals surface area contributed by atoms with Gasteiger partial charge in [0.2, 0.25) is 0 Å². The molecule has 5 rings (SSSR count). The molecule has 45 heavy (non-hydrogen) atoms. The van der Waals surface area contributed by atoms with Crippen LogP contribution < -0.4 is 16.0 Å². The summed E-state index contributed by atoms with van der Waals surface area (Å²) in [6.45, 7) is 11.6. The number of amides is 2. The van der Waals surface area contributed by atoms with Gasteiger partial charge in [-0.05, 0) is 99.7 Å². The minimum atomic E-state index is -0.587. The van der Waals surface area contributed by atoms with Gasteiger partial charge in [-0.2, -0.15) is 0 Å². The van der Waals surface area contributed by atoms with Gasteiger partial charge in [-0.1, -0.05) is 31.7 Å². The van der Waals surface area contributed by atoms with Crippen LogP contribution in [-0.4, -0.2) is 32.6 Å². The second kappa shape index (κ2) is 13.7. The number of carbonyl (C=O) groups excluding carboxylic acids is 2. The van der Waals surface area contributed by atoms with E-state index >= 15 is 0 Å². The van der Waals surface area contributed by atoms with Crippen molar-refractivity contribution < 1.29 is 14.3 Å². The molecule has 1 atom stereocenters. The molecule has 0 aliphatic heterocycles. The Morgan fingerprint density at radius 2 is 1.73 bits per heavy atom. The number of carbonyl (C=O) groups is 2. The van der Waals surface area contributed by atoms with Crippen LogP contribution >= 0.6 is 23.1 Å². The van der Waals surface area contributed by atoms with E-state index in [9.17, 15) is 9.59 Å². The number of rotatable bonds is 9. The number of thiophene rings is 1. The van der Waals surface area contributed by atoms with Gasteiger partial charge in [-0.25, -0.2) is 19.7 Å². The maximum atomic E-state index is 13.3. The first-order chi connectivity index (χ1) is 21.4. The normalized spacial score (nSPS) is 12.2. The summed E-state index contributed by atoms with van der Waals surface area (Å²) in [4.78, 5) is 42.1. The highest BCUT2D eigenvalue weighted by molar-refractivity contribution is 7.99. The second-order valence-corrected chi connectivity index (χ2v) is 13.9. The molecule has 11 heteroatoms. The Hall–Kier alpha value is -4.48. The van der Waals surface area contributed by atoms with E-state index in [1.54, 1.807) is 11.3 Å². The zero-order valence-corrected chi connectivity index (χ0v) is 27.7. The smallest absolute Gasteiger partial charge is 0.412 e. The molecule has 5 aromatic rings. The fourth-order valence-electron chi connectivity index (χ4n) is 4.41. The minimum Gasteiger partial charge on any atom is -0.444 e. The predicted octanol–water partition coefficient (Wildman–Crippen LogP) is 8.94. The molecular weight excluding hydrogens is 605 g/mol. The number of hydrogen-bond donors (Lipinski definition) is 3. The highest BCUT2D eigenvalue weighted by atomic mass is 32.2. The molecule has 0 aliphatic rings. The summed E-state index contributed by atoms with van der Waals surface area (Å²) < 4.78 is 5.35. The molecule has 9 nitrogen and oxygen atoms in total. The van der Waals surface area contributed by atoms with Gasteiger partial charge in [-0.15, -0.1) is 11.3 Å². The van der Waals surface area contributed by atoms with Gasteiger partial charge in [0.05, 0.1) is 17.1 Å². The molecule has 2 aromatic carbocycles. The fourth-order valence-corrected chi connectivity index (χ4v) is 6.02. The molecule has 0 bridgehead atoms. The average Bonchev–Trinajstić information content (AvgIpc) is 3.53. The van der Waals surface area contributed by atoms with Crippen LogP contribution in [0.15, 0.2) is 88.2 Å². The summed E-state index contributed by atoms with van der Waals surface area (Å²) in [7, 11) is 0. The third kappa shape index (κ3) is 8.37. The van der Waals surface area contributed by atoms with Gasteiger partial charge in [0.15, 0.2) is 5.65 Å². The van der Waals surface area contributed by atoms with E-state index in [2.05, 4.69) is 39.8 Å². The first-order valence-corrected chi connectivity index (χ1v) is 16.3. The predicted molar refractivity (Wildman–Crippen MR) is 182 cm³/mol. The molecule has 1 unspecified atom stereocenters. The monoisotopic (exact) mass is 640 g/mol. The third-order valence-corrected chi connectivity index (χ3v) is 8.79. The SMILES string of the molecule is CC(C)c1ccc2c(Nc3cc(C(=O)NC(C)c4cccs4)ccc3Sc3ccc(NC(=O)OC(C)(C)C)cc3)ncnc2n1. The Labute approximate surface area is 271 Å². The number of nitrogens with zero attached hydrogens (tertiary/aromatic N) is 3. The molecule has 0 radical (unpaired) electrons. The van der Waals surface area contributed by atoms with Crippen molar-refractivity contribution in [2.45, 2.75) is 68.9 Å². The van der Waals surface area contributed by atoms with Crippen LogP contribution in [0, 0.1) is 0 Å². The number of hydrogen-bond acceptors (Lipinski definition) is 9. The van der Waals surface area contributed by atoms with E-state index in [0.717, 1.165) is 25.7 Å². The molecule has 0 fully saturated rings. The minimum absolute atomic E-state index is 0.122. The highest BCUT2D eigenvalue weighted by Crippen LogP contribution is 2.37. The third-order valence-electron chi connectivity index (χ3n) is 6.65. The highest BCUT2D eigenvalue weighted by Gasteiger charge is 2.18. The zero-order valence-electron chi connectivity index (χ0n) is 26.0. The van der Waals surface area contributed by atoms with E-state index in [1.807, 2.05) is 99.8 Å². The van der Waals surface area contributed by atoms with Crippen molar-refractivity contribution in [3.8, 4) is 0 Å². The molecule has 0 saturated carbocycles. The summed E-state index contributed by atoms with van der Waals surface area (Å²) in [5.74, 6) is 0.677. The molecule has 232 valence electrons. The number of fused-ring (bicyclic) bond motifs is 1. The van der Waals surface area contributed by atoms with Crippen molar-refractivity contribution in [2.24, 2.45) is 0 Å². The largest absolute Gasteiger partial charge is 0.444 e. The van der Waals surface area contributed by atoms with Gasteiger partial charge in [-0.3, -0.25) is 10.1 Å². The van der Waals surface area contributed by atoms with Crippen LogP contribution in [-0.2, 0) is 4.74 Å².